The SMILES string of the molecule is COC(=O)C(C)CC(CC(C)C(=O)OC)[N+](=O)[O-]. The largest absolute Gasteiger partial charge is 0.469 e. The average Bonchev–Trinajstić information content (AvgIpc) is 2.35. The fraction of sp³-hybridized carbons (Fsp3) is 0.818. The molecule has 0 rings (SSSR count). The number of nitrogens with zero attached hydrogens (tertiary/aromatic N) is 1. The van der Waals surface area contributed by atoms with E-state index in [2.05, 4.69) is 9.47 Å². The van der Waals surface area contributed by atoms with Gasteiger partial charge in [-0.3, -0.25) is 19.7 Å². The summed E-state index contributed by atoms with van der Waals surface area (Å²) < 4.78 is 9.03. The Kier molecular flexibility index (Phi) is 6.92. The third kappa shape index (κ3) is 5.11. The van der Waals surface area contributed by atoms with E-state index in [0.29, 0.717) is 0 Å². The number of methoxy groups -OCH3 is 2. The first-order chi connectivity index (χ1) is 8.33. The molecule has 0 fully saturated rings. The predicted molar refractivity (Wildman–Crippen MR) is 62.4 cm³/mol. The molecule has 0 aliphatic heterocycles. The zero-order chi connectivity index (χ0) is 14.3. The van der Waals surface area contributed by atoms with E-state index in [1.54, 1.807) is 13.8 Å². The van der Waals surface area contributed by atoms with Gasteiger partial charge in [0.1, 0.15) is 0 Å². The first-order valence-electron chi connectivity index (χ1n) is 5.62. The Morgan fingerprint density at radius 2 is 1.39 bits per heavy atom. The molecule has 0 heterocycles. The second kappa shape index (κ2) is 7.62. The highest BCUT2D eigenvalue weighted by atomic mass is 16.6. The summed E-state index contributed by atoms with van der Waals surface area (Å²) in [6.45, 7) is 3.12. The molecule has 0 bridgehead atoms. The van der Waals surface area contributed by atoms with Gasteiger partial charge in [0, 0.05) is 17.8 Å². The molecule has 18 heavy (non-hydrogen) atoms. The molecule has 0 N–H and O–H groups in total. The van der Waals surface area contributed by atoms with Crippen molar-refractivity contribution >= 4 is 11.9 Å². The van der Waals surface area contributed by atoms with Crippen molar-refractivity contribution in [3.8, 4) is 0 Å². The minimum absolute atomic E-state index is 0.0427. The van der Waals surface area contributed by atoms with Crippen LogP contribution in [0.25, 0.3) is 0 Å². The molecular weight excluding hydrogens is 242 g/mol. The van der Waals surface area contributed by atoms with Gasteiger partial charge in [-0.15, -0.1) is 0 Å². The van der Waals surface area contributed by atoms with Gasteiger partial charge in [-0.1, -0.05) is 13.8 Å². The first-order valence-corrected chi connectivity index (χ1v) is 5.62. The van der Waals surface area contributed by atoms with E-state index in [9.17, 15) is 19.7 Å². The van der Waals surface area contributed by atoms with Crippen LogP contribution in [0.2, 0.25) is 0 Å². The molecule has 7 nitrogen and oxygen atoms in total. The van der Waals surface area contributed by atoms with Crippen LogP contribution in [-0.4, -0.2) is 37.1 Å². The summed E-state index contributed by atoms with van der Waals surface area (Å²) in [6.07, 6.45) is 0.0853. The summed E-state index contributed by atoms with van der Waals surface area (Å²) in [5, 5.41) is 10.9. The summed E-state index contributed by atoms with van der Waals surface area (Å²) in [5.74, 6) is -2.13. The molecule has 0 aromatic carbocycles. The maximum atomic E-state index is 11.2. The third-order valence-corrected chi connectivity index (χ3v) is 2.76. The molecule has 0 aromatic rings. The van der Waals surface area contributed by atoms with Crippen LogP contribution in [0.15, 0.2) is 0 Å². The average molecular weight is 261 g/mol. The van der Waals surface area contributed by atoms with E-state index in [1.807, 2.05) is 0 Å². The van der Waals surface area contributed by atoms with Gasteiger partial charge in [0.25, 0.3) is 0 Å². The fourth-order valence-corrected chi connectivity index (χ4v) is 1.68. The van der Waals surface area contributed by atoms with Crippen molar-refractivity contribution in [2.45, 2.75) is 32.7 Å². The van der Waals surface area contributed by atoms with Crippen molar-refractivity contribution in [3.05, 3.63) is 10.1 Å². The fourth-order valence-electron chi connectivity index (χ4n) is 1.68. The van der Waals surface area contributed by atoms with Crippen molar-refractivity contribution in [2.75, 3.05) is 14.2 Å². The molecule has 0 spiro atoms. The van der Waals surface area contributed by atoms with Crippen molar-refractivity contribution in [3.63, 3.8) is 0 Å². The maximum absolute atomic E-state index is 11.2. The number of rotatable bonds is 7. The lowest BCUT2D eigenvalue weighted by molar-refractivity contribution is -0.526. The van der Waals surface area contributed by atoms with Crippen molar-refractivity contribution in [1.82, 2.24) is 0 Å². The van der Waals surface area contributed by atoms with Crippen LogP contribution >= 0.6 is 0 Å². The summed E-state index contributed by atoms with van der Waals surface area (Å²) in [4.78, 5) is 32.8. The summed E-state index contributed by atoms with van der Waals surface area (Å²) >= 11 is 0. The minimum atomic E-state index is -0.965. The normalized spacial score (nSPS) is 15.3. The Bertz CT molecular complexity index is 293. The molecular formula is C11H19NO6. The molecule has 0 aromatic heterocycles. The van der Waals surface area contributed by atoms with E-state index in [4.69, 9.17) is 0 Å². The second-order valence-corrected chi connectivity index (χ2v) is 4.26. The Hall–Kier alpha value is -1.66. The highest BCUT2D eigenvalue weighted by Gasteiger charge is 2.31. The number of hydrogen-bond acceptors (Lipinski definition) is 6. The van der Waals surface area contributed by atoms with Crippen LogP contribution < -0.4 is 0 Å². The van der Waals surface area contributed by atoms with Gasteiger partial charge < -0.3 is 9.47 Å². The van der Waals surface area contributed by atoms with E-state index in [0.717, 1.165) is 0 Å². The van der Waals surface area contributed by atoms with Gasteiger partial charge in [0.05, 0.1) is 26.1 Å². The highest BCUT2D eigenvalue weighted by Crippen LogP contribution is 2.18. The number of hydrogen-bond donors (Lipinski definition) is 0. The molecule has 0 amide bonds. The monoisotopic (exact) mass is 261 g/mol. The van der Waals surface area contributed by atoms with Gasteiger partial charge in [-0.2, -0.15) is 0 Å². The lowest BCUT2D eigenvalue weighted by Crippen LogP contribution is -2.30. The van der Waals surface area contributed by atoms with E-state index < -0.39 is 34.7 Å². The number of esters is 2. The van der Waals surface area contributed by atoms with Gasteiger partial charge in [-0.25, -0.2) is 0 Å². The van der Waals surface area contributed by atoms with Gasteiger partial charge >= 0.3 is 11.9 Å². The Morgan fingerprint density at radius 3 is 1.61 bits per heavy atom. The summed E-state index contributed by atoms with van der Waals surface area (Å²) in [6, 6.07) is -0.965. The van der Waals surface area contributed by atoms with Gasteiger partial charge in [-0.05, 0) is 0 Å². The minimum Gasteiger partial charge on any atom is -0.469 e. The molecule has 7 heteroatoms. The molecule has 0 saturated carbocycles. The van der Waals surface area contributed by atoms with Crippen LogP contribution in [0.1, 0.15) is 26.7 Å². The smallest absolute Gasteiger partial charge is 0.308 e. The van der Waals surface area contributed by atoms with Crippen LogP contribution in [0.3, 0.4) is 0 Å². The molecule has 0 aliphatic carbocycles. The van der Waals surface area contributed by atoms with Crippen molar-refractivity contribution < 1.29 is 24.0 Å². The number of carbonyl (C=O) groups excluding carboxylic acids is 2. The number of ether oxygens (including phenoxy) is 2. The lowest BCUT2D eigenvalue weighted by Gasteiger charge is -2.16. The highest BCUT2D eigenvalue weighted by molar-refractivity contribution is 5.72. The Balaban J connectivity index is 4.54. The predicted octanol–water partition coefficient (Wildman–Crippen LogP) is 1.03. The zero-order valence-electron chi connectivity index (χ0n) is 11.0. The van der Waals surface area contributed by atoms with Crippen LogP contribution in [0, 0.1) is 22.0 Å². The number of nitro groups is 1. The van der Waals surface area contributed by atoms with Crippen LogP contribution in [0.5, 0.6) is 0 Å². The lowest BCUT2D eigenvalue weighted by atomic mass is 9.94. The standard InChI is InChI=1S/C11H19NO6/c1-7(10(13)17-3)5-9(12(15)16)6-8(2)11(14)18-4/h7-9H,5-6H2,1-4H3. The molecule has 104 valence electrons. The maximum Gasteiger partial charge on any atom is 0.308 e. The molecule has 0 aliphatic rings. The first kappa shape index (κ1) is 16.3. The summed E-state index contributed by atoms with van der Waals surface area (Å²) in [7, 11) is 2.47. The van der Waals surface area contributed by atoms with Crippen LogP contribution in [0.4, 0.5) is 0 Å². The van der Waals surface area contributed by atoms with Crippen molar-refractivity contribution in [2.24, 2.45) is 11.8 Å². The Labute approximate surface area is 106 Å². The van der Waals surface area contributed by atoms with Gasteiger partial charge in [0.2, 0.25) is 6.04 Å². The topological polar surface area (TPSA) is 95.7 Å². The molecule has 0 radical (unpaired) electrons. The zero-order valence-corrected chi connectivity index (χ0v) is 11.0. The molecule has 0 saturated heterocycles. The second-order valence-electron chi connectivity index (χ2n) is 4.26. The summed E-state index contributed by atoms with van der Waals surface area (Å²) in [5.41, 5.74) is 0. The van der Waals surface area contributed by atoms with Crippen LogP contribution in [-0.2, 0) is 19.1 Å². The van der Waals surface area contributed by atoms with E-state index >= 15 is 0 Å². The van der Waals surface area contributed by atoms with Gasteiger partial charge in [0.15, 0.2) is 0 Å². The van der Waals surface area contributed by atoms with E-state index in [1.165, 1.54) is 14.2 Å². The molecule has 2 unspecified atom stereocenters. The third-order valence-electron chi connectivity index (χ3n) is 2.76. The Morgan fingerprint density at radius 1 is 1.06 bits per heavy atom. The molecule has 2 atom stereocenters. The van der Waals surface area contributed by atoms with E-state index in [-0.39, 0.29) is 12.8 Å². The number of carbonyl (C=O) groups is 2. The van der Waals surface area contributed by atoms with Crippen molar-refractivity contribution in [1.29, 1.82) is 0 Å². The quantitative estimate of drug-likeness (QED) is 0.386.